The minimum Gasteiger partial charge on any atom is -0.366 e. The van der Waals surface area contributed by atoms with E-state index in [4.69, 9.17) is 0 Å². The standard InChI is InChI=1S/C17H28FN3/c1-13-12-21(9-8-20(13)5)16-7-6-14(10-15(16)18)11-19-17(2,3)4/h6-7,10,13,19H,8-9,11-12H2,1-5H3. The summed E-state index contributed by atoms with van der Waals surface area (Å²) in [5.74, 6) is -0.111. The zero-order chi connectivity index (χ0) is 15.6. The number of anilines is 1. The van der Waals surface area contributed by atoms with Gasteiger partial charge < -0.3 is 15.1 Å². The SMILES string of the molecule is CC1CN(c2ccc(CNC(C)(C)C)cc2F)CCN1C. The van der Waals surface area contributed by atoms with E-state index >= 15 is 0 Å². The molecular weight excluding hydrogens is 265 g/mol. The number of hydrogen-bond acceptors (Lipinski definition) is 3. The molecule has 1 fully saturated rings. The molecule has 1 heterocycles. The van der Waals surface area contributed by atoms with Crippen LogP contribution in [0.4, 0.5) is 10.1 Å². The van der Waals surface area contributed by atoms with Gasteiger partial charge in [-0.1, -0.05) is 6.07 Å². The molecule has 0 aliphatic carbocycles. The fourth-order valence-corrected chi connectivity index (χ4v) is 2.55. The van der Waals surface area contributed by atoms with Gasteiger partial charge in [0.05, 0.1) is 5.69 Å². The van der Waals surface area contributed by atoms with Crippen molar-refractivity contribution in [2.45, 2.75) is 45.8 Å². The van der Waals surface area contributed by atoms with Crippen LogP contribution in [0.25, 0.3) is 0 Å². The van der Waals surface area contributed by atoms with Crippen molar-refractivity contribution in [1.82, 2.24) is 10.2 Å². The van der Waals surface area contributed by atoms with Crippen LogP contribution >= 0.6 is 0 Å². The van der Waals surface area contributed by atoms with Gasteiger partial charge in [-0.15, -0.1) is 0 Å². The highest BCUT2D eigenvalue weighted by Gasteiger charge is 2.22. The van der Waals surface area contributed by atoms with Crippen molar-refractivity contribution < 1.29 is 4.39 Å². The first-order valence-electron chi connectivity index (χ1n) is 7.75. The van der Waals surface area contributed by atoms with Gasteiger partial charge in [-0.3, -0.25) is 0 Å². The number of benzene rings is 1. The lowest BCUT2D eigenvalue weighted by molar-refractivity contribution is 0.233. The van der Waals surface area contributed by atoms with Crippen LogP contribution in [0.2, 0.25) is 0 Å². The van der Waals surface area contributed by atoms with E-state index < -0.39 is 0 Å². The molecule has 1 aromatic carbocycles. The molecule has 4 heteroatoms. The molecule has 1 saturated heterocycles. The largest absolute Gasteiger partial charge is 0.366 e. The molecule has 21 heavy (non-hydrogen) atoms. The Kier molecular flexibility index (Phi) is 4.89. The number of piperazine rings is 1. The minimum absolute atomic E-state index is 0.0437. The predicted octanol–water partition coefficient (Wildman–Crippen LogP) is 2.85. The maximum absolute atomic E-state index is 14.4. The zero-order valence-corrected chi connectivity index (χ0v) is 13.9. The Bertz CT molecular complexity index is 481. The Labute approximate surface area is 128 Å². The summed E-state index contributed by atoms with van der Waals surface area (Å²) in [5, 5.41) is 3.39. The van der Waals surface area contributed by atoms with E-state index in [0.29, 0.717) is 12.6 Å². The third-order valence-corrected chi connectivity index (χ3v) is 4.14. The van der Waals surface area contributed by atoms with Gasteiger partial charge in [-0.25, -0.2) is 4.39 Å². The summed E-state index contributed by atoms with van der Waals surface area (Å²) in [7, 11) is 2.12. The van der Waals surface area contributed by atoms with E-state index in [0.717, 1.165) is 30.9 Å². The molecule has 1 N–H and O–H groups in total. The van der Waals surface area contributed by atoms with E-state index in [9.17, 15) is 4.39 Å². The molecular formula is C17H28FN3. The highest BCUT2D eigenvalue weighted by Crippen LogP contribution is 2.23. The summed E-state index contributed by atoms with van der Waals surface area (Å²) in [6, 6.07) is 6.07. The van der Waals surface area contributed by atoms with Crippen molar-refractivity contribution in [2.75, 3.05) is 31.6 Å². The van der Waals surface area contributed by atoms with Crippen LogP contribution in [0.5, 0.6) is 0 Å². The van der Waals surface area contributed by atoms with Crippen LogP contribution < -0.4 is 10.2 Å². The molecule has 1 atom stereocenters. The lowest BCUT2D eigenvalue weighted by Gasteiger charge is -2.39. The molecule has 1 aromatic rings. The first kappa shape index (κ1) is 16.2. The smallest absolute Gasteiger partial charge is 0.146 e. The molecule has 1 aliphatic rings. The first-order valence-corrected chi connectivity index (χ1v) is 7.75. The Hall–Kier alpha value is -1.13. The van der Waals surface area contributed by atoms with E-state index in [1.54, 1.807) is 6.07 Å². The van der Waals surface area contributed by atoms with E-state index in [1.165, 1.54) is 0 Å². The predicted molar refractivity (Wildman–Crippen MR) is 87.3 cm³/mol. The lowest BCUT2D eigenvalue weighted by Crippen LogP contribution is -2.50. The van der Waals surface area contributed by atoms with Gasteiger partial charge in [0.15, 0.2) is 0 Å². The van der Waals surface area contributed by atoms with Gasteiger partial charge in [-0.2, -0.15) is 0 Å². The summed E-state index contributed by atoms with van der Waals surface area (Å²) >= 11 is 0. The summed E-state index contributed by atoms with van der Waals surface area (Å²) in [5.41, 5.74) is 1.77. The monoisotopic (exact) mass is 293 g/mol. The lowest BCUT2D eigenvalue weighted by atomic mass is 10.1. The zero-order valence-electron chi connectivity index (χ0n) is 13.9. The summed E-state index contributed by atoms with van der Waals surface area (Å²) in [6.45, 7) is 12.0. The third kappa shape index (κ3) is 4.42. The van der Waals surface area contributed by atoms with E-state index in [1.807, 2.05) is 12.1 Å². The molecule has 0 spiro atoms. The normalized spacial score (nSPS) is 20.9. The molecule has 0 radical (unpaired) electrons. The Morgan fingerprint density at radius 1 is 1.29 bits per heavy atom. The molecule has 0 amide bonds. The van der Waals surface area contributed by atoms with Crippen LogP contribution in [-0.2, 0) is 6.54 Å². The highest BCUT2D eigenvalue weighted by atomic mass is 19.1. The first-order chi connectivity index (χ1) is 9.76. The fourth-order valence-electron chi connectivity index (χ4n) is 2.55. The average Bonchev–Trinajstić information content (AvgIpc) is 2.39. The third-order valence-electron chi connectivity index (χ3n) is 4.14. The number of rotatable bonds is 3. The maximum atomic E-state index is 14.4. The van der Waals surface area contributed by atoms with Crippen molar-refractivity contribution in [3.05, 3.63) is 29.6 Å². The summed E-state index contributed by atoms with van der Waals surface area (Å²) in [4.78, 5) is 4.47. The van der Waals surface area contributed by atoms with Gasteiger partial charge >= 0.3 is 0 Å². The Morgan fingerprint density at radius 2 is 2.00 bits per heavy atom. The number of likely N-dealkylation sites (N-methyl/N-ethyl adjacent to an activating group) is 1. The van der Waals surface area contributed by atoms with Gasteiger partial charge in [0.25, 0.3) is 0 Å². The van der Waals surface area contributed by atoms with Crippen molar-refractivity contribution in [1.29, 1.82) is 0 Å². The van der Waals surface area contributed by atoms with Crippen LogP contribution in [0.1, 0.15) is 33.3 Å². The summed E-state index contributed by atoms with van der Waals surface area (Å²) in [6.07, 6.45) is 0. The van der Waals surface area contributed by atoms with Crippen molar-refractivity contribution >= 4 is 5.69 Å². The van der Waals surface area contributed by atoms with Crippen molar-refractivity contribution in [2.24, 2.45) is 0 Å². The number of halogens is 1. The van der Waals surface area contributed by atoms with Gasteiger partial charge in [0.2, 0.25) is 0 Å². The van der Waals surface area contributed by atoms with E-state index in [-0.39, 0.29) is 11.4 Å². The number of hydrogen-bond donors (Lipinski definition) is 1. The Morgan fingerprint density at radius 3 is 2.57 bits per heavy atom. The molecule has 1 unspecified atom stereocenters. The van der Waals surface area contributed by atoms with Crippen LogP contribution in [0.3, 0.4) is 0 Å². The van der Waals surface area contributed by atoms with Gasteiger partial charge in [0, 0.05) is 37.8 Å². The highest BCUT2D eigenvalue weighted by molar-refractivity contribution is 5.50. The van der Waals surface area contributed by atoms with Gasteiger partial charge in [0.1, 0.15) is 5.82 Å². The molecule has 2 rings (SSSR count). The van der Waals surface area contributed by atoms with Crippen molar-refractivity contribution in [3.63, 3.8) is 0 Å². The maximum Gasteiger partial charge on any atom is 0.146 e. The quantitative estimate of drug-likeness (QED) is 0.924. The molecule has 3 nitrogen and oxygen atoms in total. The topological polar surface area (TPSA) is 18.5 Å². The minimum atomic E-state index is -0.111. The molecule has 0 aromatic heterocycles. The average molecular weight is 293 g/mol. The van der Waals surface area contributed by atoms with Crippen molar-refractivity contribution in [3.8, 4) is 0 Å². The second-order valence-corrected chi connectivity index (χ2v) is 7.16. The van der Waals surface area contributed by atoms with Crippen LogP contribution in [0.15, 0.2) is 18.2 Å². The Balaban J connectivity index is 2.05. The molecule has 0 bridgehead atoms. The van der Waals surface area contributed by atoms with Crippen LogP contribution in [-0.4, -0.2) is 43.2 Å². The number of nitrogens with one attached hydrogen (secondary N) is 1. The second-order valence-electron chi connectivity index (χ2n) is 7.16. The molecule has 1 aliphatic heterocycles. The number of nitrogens with zero attached hydrogens (tertiary/aromatic N) is 2. The summed E-state index contributed by atoms with van der Waals surface area (Å²) < 4.78 is 14.4. The van der Waals surface area contributed by atoms with E-state index in [2.05, 4.69) is 49.9 Å². The van der Waals surface area contributed by atoms with Crippen LogP contribution in [0, 0.1) is 5.82 Å². The second kappa shape index (κ2) is 6.32. The molecule has 0 saturated carbocycles. The molecule has 118 valence electrons. The van der Waals surface area contributed by atoms with Gasteiger partial charge in [-0.05, 0) is 52.4 Å². The fraction of sp³-hybridized carbons (Fsp3) is 0.647.